The van der Waals surface area contributed by atoms with Crippen LogP contribution in [0.2, 0.25) is 0 Å². The zero-order chi connectivity index (χ0) is 41.6. The Morgan fingerprint density at radius 2 is 1.39 bits per heavy atom. The average molecular weight is 965 g/mol. The molecular formula is C52H70IrNO2S-. The smallest absolute Gasteiger partial charge is 0.164 e. The van der Waals surface area contributed by atoms with Crippen LogP contribution >= 0.6 is 11.3 Å². The van der Waals surface area contributed by atoms with Crippen LogP contribution in [0.5, 0.6) is 0 Å². The maximum Gasteiger partial charge on any atom is 0.164 e. The van der Waals surface area contributed by atoms with Crippen molar-refractivity contribution >= 4 is 48.1 Å². The number of allylic oxidation sites excluding steroid dienone is 2. The second-order valence-electron chi connectivity index (χ2n) is 20.0. The predicted octanol–water partition coefficient (Wildman–Crippen LogP) is 15.2. The molecule has 0 amide bonds. The largest absolute Gasteiger partial charge is 0.512 e. The summed E-state index contributed by atoms with van der Waals surface area (Å²) in [6, 6.07) is 20.6. The molecule has 1 aliphatic rings. The van der Waals surface area contributed by atoms with Crippen molar-refractivity contribution in [3.05, 3.63) is 103 Å². The summed E-state index contributed by atoms with van der Waals surface area (Å²) in [5.74, 6) is 0.894. The predicted molar refractivity (Wildman–Crippen MR) is 244 cm³/mol. The van der Waals surface area contributed by atoms with Gasteiger partial charge in [0.2, 0.25) is 0 Å². The molecule has 2 heterocycles. The van der Waals surface area contributed by atoms with Crippen molar-refractivity contribution in [2.75, 3.05) is 0 Å². The van der Waals surface area contributed by atoms with E-state index in [1.54, 1.807) is 0 Å². The second kappa shape index (κ2) is 17.2. The Balaban J connectivity index is 0.000000341. The van der Waals surface area contributed by atoms with E-state index in [1.165, 1.54) is 73.0 Å². The van der Waals surface area contributed by atoms with E-state index in [2.05, 4.69) is 128 Å². The third kappa shape index (κ3) is 9.53. The summed E-state index contributed by atoms with van der Waals surface area (Å²) in [7, 11) is 4.45. The number of hydrogen-bond donors (Lipinski definition) is 1. The number of aromatic nitrogens is 1. The van der Waals surface area contributed by atoms with Gasteiger partial charge in [0.15, 0.2) is 5.78 Å². The van der Waals surface area contributed by atoms with Crippen molar-refractivity contribution in [2.24, 2.45) is 21.7 Å². The van der Waals surface area contributed by atoms with Gasteiger partial charge in [0.25, 0.3) is 0 Å². The van der Waals surface area contributed by atoms with Crippen molar-refractivity contribution in [3.63, 3.8) is 0 Å². The molecule has 6 rings (SSSR count). The van der Waals surface area contributed by atoms with E-state index in [1.807, 2.05) is 52.9 Å². The number of ketones is 1. The third-order valence-corrected chi connectivity index (χ3v) is 14.7. The van der Waals surface area contributed by atoms with Gasteiger partial charge in [-0.15, -0.1) is 34.4 Å². The van der Waals surface area contributed by atoms with Crippen LogP contribution in [0.25, 0.3) is 42.2 Å². The number of pyridine rings is 1. The summed E-state index contributed by atoms with van der Waals surface area (Å²) in [6.07, 6.45) is 10.7. The van der Waals surface area contributed by atoms with Crippen LogP contribution in [-0.4, -0.2) is 10.9 Å². The quantitative estimate of drug-likeness (QED) is 0.0692. The van der Waals surface area contributed by atoms with Crippen molar-refractivity contribution in [2.45, 2.75) is 146 Å². The maximum absolute atomic E-state index is 12.2. The summed E-state index contributed by atoms with van der Waals surface area (Å²) >= 11 is 1.91. The molecule has 1 fully saturated rings. The van der Waals surface area contributed by atoms with Gasteiger partial charge >= 0.3 is 0 Å². The summed E-state index contributed by atoms with van der Waals surface area (Å²) in [4.78, 5) is 12.2. The van der Waals surface area contributed by atoms with Gasteiger partial charge in [-0.1, -0.05) is 131 Å². The first-order valence-corrected chi connectivity index (χ1v) is 21.9. The monoisotopic (exact) mass is 965 g/mol. The molecule has 1 radical (unpaired) electrons. The Kier molecular flexibility index (Phi) is 14.1. The second-order valence-corrected chi connectivity index (χ2v) is 21.1. The fourth-order valence-corrected chi connectivity index (χ4v) is 10.7. The Bertz CT molecular complexity index is 2240. The van der Waals surface area contributed by atoms with Crippen LogP contribution < -0.4 is 4.57 Å². The van der Waals surface area contributed by atoms with Crippen molar-refractivity contribution in [1.29, 1.82) is 0 Å². The number of carbonyl (C=O) groups excluding carboxylic acids is 1. The number of nitrogens with zero attached hydrogens (tertiary/aromatic N) is 1. The molecule has 1 N–H and O–H groups in total. The first kappa shape index (κ1) is 46.6. The van der Waals surface area contributed by atoms with Gasteiger partial charge in [0.05, 0.1) is 11.9 Å². The van der Waals surface area contributed by atoms with E-state index in [0.29, 0.717) is 16.7 Å². The Morgan fingerprint density at radius 3 is 1.93 bits per heavy atom. The van der Waals surface area contributed by atoms with Gasteiger partial charge in [-0.05, 0) is 95.6 Å². The Labute approximate surface area is 363 Å². The molecule has 57 heavy (non-hydrogen) atoms. The van der Waals surface area contributed by atoms with Gasteiger partial charge < -0.3 is 9.67 Å². The fraction of sp³-hybridized carbons (Fsp3) is 0.500. The molecule has 0 spiro atoms. The number of carbonyl (C=O) groups is 1. The van der Waals surface area contributed by atoms with Crippen LogP contribution in [-0.2, 0) is 30.3 Å². The summed E-state index contributed by atoms with van der Waals surface area (Å²) in [5, 5.41) is 15.3. The van der Waals surface area contributed by atoms with E-state index in [9.17, 15) is 9.90 Å². The van der Waals surface area contributed by atoms with Crippen molar-refractivity contribution in [1.82, 2.24) is 0 Å². The Hall–Kier alpha value is -3.11. The van der Waals surface area contributed by atoms with E-state index in [0.717, 1.165) is 36.9 Å². The minimum Gasteiger partial charge on any atom is -0.512 e. The summed E-state index contributed by atoms with van der Waals surface area (Å²) < 4.78 is 4.72. The number of aliphatic hydroxyl groups excluding tert-OH is 1. The molecule has 0 atom stereocenters. The summed E-state index contributed by atoms with van der Waals surface area (Å²) in [6.45, 7) is 33.4. The molecule has 3 aromatic carbocycles. The molecule has 3 nitrogen and oxygen atoms in total. The molecule has 0 aliphatic heterocycles. The van der Waals surface area contributed by atoms with Crippen LogP contribution in [0.15, 0.2) is 72.6 Å². The maximum atomic E-state index is 12.2. The van der Waals surface area contributed by atoms with E-state index < -0.39 is 0 Å². The first-order chi connectivity index (χ1) is 26.0. The van der Waals surface area contributed by atoms with Crippen LogP contribution in [0.3, 0.4) is 0 Å². The van der Waals surface area contributed by atoms with E-state index in [4.69, 9.17) is 0 Å². The van der Waals surface area contributed by atoms with Gasteiger partial charge in [-0.2, -0.15) is 12.5 Å². The normalized spacial score (nSPS) is 16.3. The number of thiophene rings is 1. The molecule has 2 aromatic heterocycles. The Morgan fingerprint density at radius 1 is 0.825 bits per heavy atom. The van der Waals surface area contributed by atoms with Crippen molar-refractivity contribution < 1.29 is 34.6 Å². The summed E-state index contributed by atoms with van der Waals surface area (Å²) in [5.41, 5.74) is 6.43. The number of fused-ring (bicyclic) bond motifs is 4. The number of benzene rings is 3. The van der Waals surface area contributed by atoms with E-state index in [-0.39, 0.29) is 47.9 Å². The van der Waals surface area contributed by atoms with Crippen molar-refractivity contribution in [3.8, 4) is 11.3 Å². The van der Waals surface area contributed by atoms with Crippen LogP contribution in [0.4, 0.5) is 0 Å². The van der Waals surface area contributed by atoms with Gasteiger partial charge in [-0.25, -0.2) is 0 Å². The number of aliphatic hydroxyl groups is 1. The standard InChI is InChI=1S/C37H42NS.C15H28O2.Ir/c1-23-26-12-10-11-13-27(26)31(35(2,3)4)19-30(23)33-34-29(16-17-38(33)9)28-15-14-24(18-32(28)39-34)25-20-36(5,6)22-37(7,8)21-25;1-7-14(5,8-2)12(16)11-13(17)15(6,9-3)10-4;/h10-19,25H,1,9,20-22H2,2-8H3;11,16H,7-10H2,1-6H3;/q-1;;/b;12-11-;. The minimum atomic E-state index is -0.337. The molecule has 1 saturated carbocycles. The molecular weight excluding hydrogens is 895 g/mol. The molecule has 5 aromatic rings. The number of hydrogen-bond acceptors (Lipinski definition) is 3. The first-order valence-electron chi connectivity index (χ1n) is 21.1. The fourth-order valence-electron chi connectivity index (χ4n) is 9.41. The van der Waals surface area contributed by atoms with Gasteiger partial charge in [-0.3, -0.25) is 4.79 Å². The number of rotatable bonds is 9. The zero-order valence-electron chi connectivity index (χ0n) is 37.3. The third-order valence-electron chi connectivity index (χ3n) is 13.5. The van der Waals surface area contributed by atoms with Crippen LogP contribution in [0, 0.1) is 35.6 Å². The SMILES string of the molecule is CCC(C)(CC)C(=O)/C=C(\O)C(C)(CC)CC.[CH2-]c1c(-c2c3sc4cc(C5CC(C)(C)CC(C)(C)C5)ccc4c3cc[n+]2[CH2-])cc(C(C)(C)C)c2ccccc12.[Ir]. The van der Waals surface area contributed by atoms with Crippen LogP contribution in [0.1, 0.15) is 158 Å². The van der Waals surface area contributed by atoms with Gasteiger partial charge in [0.1, 0.15) is 5.76 Å². The average Bonchev–Trinajstić information content (AvgIpc) is 3.51. The molecule has 0 saturated heterocycles. The topological polar surface area (TPSA) is 41.2 Å². The molecule has 311 valence electrons. The van der Waals surface area contributed by atoms with E-state index >= 15 is 0 Å². The molecule has 5 heteroatoms. The zero-order valence-corrected chi connectivity index (χ0v) is 40.5. The molecule has 1 aliphatic carbocycles. The molecule has 0 bridgehead atoms. The minimum absolute atomic E-state index is 0. The van der Waals surface area contributed by atoms with Gasteiger partial charge in [0, 0.05) is 53.5 Å². The molecule has 0 unspecified atom stereocenters.